The van der Waals surface area contributed by atoms with Gasteiger partial charge in [0.15, 0.2) is 5.82 Å². The van der Waals surface area contributed by atoms with Gasteiger partial charge in [0.05, 0.1) is 6.04 Å². The third-order valence-electron chi connectivity index (χ3n) is 4.49. The van der Waals surface area contributed by atoms with Crippen LogP contribution in [-0.4, -0.2) is 37.6 Å². The highest BCUT2D eigenvalue weighted by Gasteiger charge is 2.29. The number of benzene rings is 1. The quantitative estimate of drug-likeness (QED) is 0.732. The second-order valence-electron chi connectivity index (χ2n) is 6.33. The van der Waals surface area contributed by atoms with Crippen LogP contribution in [0.3, 0.4) is 0 Å². The first-order chi connectivity index (χ1) is 12.7. The Labute approximate surface area is 155 Å². The fraction of sp³-hybridized carbons (Fsp3) is 0.333. The molecule has 0 bridgehead atoms. The van der Waals surface area contributed by atoms with Gasteiger partial charge in [0.25, 0.3) is 0 Å². The molecule has 4 rings (SSSR count). The van der Waals surface area contributed by atoms with E-state index < -0.39 is 0 Å². The molecule has 1 unspecified atom stereocenters. The Balaban J connectivity index is 1.46. The van der Waals surface area contributed by atoms with E-state index in [-0.39, 0.29) is 12.1 Å². The van der Waals surface area contributed by atoms with Crippen LogP contribution in [0.4, 0.5) is 10.5 Å². The zero-order valence-electron chi connectivity index (χ0n) is 14.5. The van der Waals surface area contributed by atoms with Crippen LogP contribution in [0.1, 0.15) is 36.1 Å². The largest absolute Gasteiger partial charge is 0.322 e. The van der Waals surface area contributed by atoms with E-state index in [0.29, 0.717) is 5.82 Å². The number of likely N-dealkylation sites (tertiary alicyclic amines) is 1. The molecule has 2 N–H and O–H groups in total. The van der Waals surface area contributed by atoms with Crippen LogP contribution in [-0.2, 0) is 0 Å². The molecule has 2 amide bonds. The van der Waals surface area contributed by atoms with Gasteiger partial charge in [-0.15, -0.1) is 11.3 Å². The molecular weight excluding hydrogens is 348 g/mol. The monoisotopic (exact) mass is 368 g/mol. The number of rotatable bonds is 3. The van der Waals surface area contributed by atoms with Crippen molar-refractivity contribution < 1.29 is 4.79 Å². The topological polar surface area (TPSA) is 86.8 Å². The minimum absolute atomic E-state index is 0.0688. The normalized spacial score (nSPS) is 17.3. The Bertz CT molecular complexity index is 873. The standard InChI is InChI=1S/C18H20N6OS/c1-12-20-16(23-22-12)13-5-7-14(8-6-13)21-18(25)24-10-3-2-4-15(24)17-19-9-11-26-17/h5-9,11,15H,2-4,10H2,1H3,(H,21,25)(H,20,22,23). The van der Waals surface area contributed by atoms with Crippen molar-refractivity contribution in [2.24, 2.45) is 0 Å². The number of hydrogen-bond acceptors (Lipinski definition) is 5. The number of nitrogens with zero attached hydrogens (tertiary/aromatic N) is 4. The molecule has 1 aromatic carbocycles. The first-order valence-corrected chi connectivity index (χ1v) is 9.55. The van der Waals surface area contributed by atoms with Gasteiger partial charge in [-0.05, 0) is 50.5 Å². The number of urea groups is 1. The van der Waals surface area contributed by atoms with Crippen molar-refractivity contribution in [1.82, 2.24) is 25.1 Å². The van der Waals surface area contributed by atoms with Crippen molar-refractivity contribution in [2.45, 2.75) is 32.2 Å². The summed E-state index contributed by atoms with van der Waals surface area (Å²) in [4.78, 5) is 23.4. The van der Waals surface area contributed by atoms with Crippen LogP contribution in [0.15, 0.2) is 35.8 Å². The molecule has 1 aliphatic rings. The fourth-order valence-corrected chi connectivity index (χ4v) is 3.99. The lowest BCUT2D eigenvalue weighted by Gasteiger charge is -2.34. The highest BCUT2D eigenvalue weighted by atomic mass is 32.1. The maximum Gasteiger partial charge on any atom is 0.322 e. The van der Waals surface area contributed by atoms with Crippen molar-refractivity contribution >= 4 is 23.1 Å². The van der Waals surface area contributed by atoms with E-state index in [9.17, 15) is 4.79 Å². The number of piperidine rings is 1. The Morgan fingerprint density at radius 2 is 2.15 bits per heavy atom. The van der Waals surface area contributed by atoms with Gasteiger partial charge in [0.2, 0.25) is 0 Å². The molecule has 2 aromatic heterocycles. The first kappa shape index (κ1) is 16.7. The van der Waals surface area contributed by atoms with Gasteiger partial charge in [-0.1, -0.05) is 0 Å². The number of nitrogens with one attached hydrogen (secondary N) is 2. The molecule has 3 heterocycles. The van der Waals surface area contributed by atoms with E-state index in [4.69, 9.17) is 0 Å². The number of hydrogen-bond donors (Lipinski definition) is 2. The van der Waals surface area contributed by atoms with Crippen LogP contribution in [0, 0.1) is 6.92 Å². The molecule has 1 aliphatic heterocycles. The predicted octanol–water partition coefficient (Wildman–Crippen LogP) is 4.00. The van der Waals surface area contributed by atoms with Crippen LogP contribution < -0.4 is 5.32 Å². The third-order valence-corrected chi connectivity index (χ3v) is 5.37. The number of carbonyl (C=O) groups is 1. The fourth-order valence-electron chi connectivity index (χ4n) is 3.20. The Hall–Kier alpha value is -2.74. The molecule has 1 fully saturated rings. The van der Waals surface area contributed by atoms with Crippen molar-refractivity contribution in [3.05, 3.63) is 46.7 Å². The maximum absolute atomic E-state index is 12.8. The highest BCUT2D eigenvalue weighted by Crippen LogP contribution is 2.32. The number of aromatic nitrogens is 4. The van der Waals surface area contributed by atoms with Gasteiger partial charge >= 0.3 is 6.03 Å². The number of H-pyrrole nitrogens is 1. The second kappa shape index (κ2) is 7.25. The van der Waals surface area contributed by atoms with E-state index in [0.717, 1.165) is 47.9 Å². The van der Waals surface area contributed by atoms with Crippen molar-refractivity contribution in [2.75, 3.05) is 11.9 Å². The summed E-state index contributed by atoms with van der Waals surface area (Å²) in [7, 11) is 0. The number of carbonyl (C=O) groups excluding carboxylic acids is 1. The summed E-state index contributed by atoms with van der Waals surface area (Å²) in [5, 5.41) is 13.0. The van der Waals surface area contributed by atoms with Crippen molar-refractivity contribution in [1.29, 1.82) is 0 Å². The summed E-state index contributed by atoms with van der Waals surface area (Å²) in [5.74, 6) is 1.43. The molecule has 7 nitrogen and oxygen atoms in total. The minimum atomic E-state index is -0.0774. The molecular formula is C18H20N6OS. The van der Waals surface area contributed by atoms with Crippen LogP contribution in [0.25, 0.3) is 11.4 Å². The Morgan fingerprint density at radius 3 is 2.85 bits per heavy atom. The van der Waals surface area contributed by atoms with Gasteiger partial charge in [-0.2, -0.15) is 5.10 Å². The lowest BCUT2D eigenvalue weighted by Crippen LogP contribution is -2.41. The van der Waals surface area contributed by atoms with Gasteiger partial charge in [0.1, 0.15) is 10.8 Å². The summed E-state index contributed by atoms with van der Waals surface area (Å²) in [6.07, 6.45) is 4.91. The summed E-state index contributed by atoms with van der Waals surface area (Å²) < 4.78 is 0. The predicted molar refractivity (Wildman–Crippen MR) is 101 cm³/mol. The molecule has 134 valence electrons. The highest BCUT2D eigenvalue weighted by molar-refractivity contribution is 7.09. The van der Waals surface area contributed by atoms with E-state index in [1.54, 1.807) is 17.5 Å². The zero-order valence-corrected chi connectivity index (χ0v) is 15.3. The van der Waals surface area contributed by atoms with E-state index in [1.807, 2.05) is 41.5 Å². The van der Waals surface area contributed by atoms with Gasteiger partial charge in [-0.25, -0.2) is 14.8 Å². The smallest absolute Gasteiger partial charge is 0.315 e. The molecule has 1 atom stereocenters. The van der Waals surface area contributed by atoms with Gasteiger partial charge < -0.3 is 10.2 Å². The number of anilines is 1. The van der Waals surface area contributed by atoms with Crippen LogP contribution in [0.5, 0.6) is 0 Å². The molecule has 1 saturated heterocycles. The van der Waals surface area contributed by atoms with Crippen LogP contribution in [0.2, 0.25) is 0 Å². The molecule has 0 radical (unpaired) electrons. The SMILES string of the molecule is Cc1nc(-c2ccc(NC(=O)N3CCCCC3c3nccs3)cc2)n[nH]1. The van der Waals surface area contributed by atoms with E-state index in [2.05, 4.69) is 25.5 Å². The number of aryl methyl sites for hydroxylation is 1. The van der Waals surface area contributed by atoms with Gasteiger partial charge in [0, 0.05) is 29.4 Å². The van der Waals surface area contributed by atoms with E-state index in [1.165, 1.54) is 0 Å². The summed E-state index contributed by atoms with van der Waals surface area (Å²) >= 11 is 1.61. The first-order valence-electron chi connectivity index (χ1n) is 8.67. The lowest BCUT2D eigenvalue weighted by atomic mass is 10.0. The number of thiazole rings is 1. The number of aromatic amines is 1. The maximum atomic E-state index is 12.8. The second-order valence-corrected chi connectivity index (χ2v) is 7.25. The summed E-state index contributed by atoms with van der Waals surface area (Å²) in [6.45, 7) is 2.62. The minimum Gasteiger partial charge on any atom is -0.315 e. The lowest BCUT2D eigenvalue weighted by molar-refractivity contribution is 0.163. The molecule has 3 aromatic rings. The zero-order chi connectivity index (χ0) is 17.9. The van der Waals surface area contributed by atoms with E-state index >= 15 is 0 Å². The molecule has 0 spiro atoms. The van der Waals surface area contributed by atoms with Gasteiger partial charge in [-0.3, -0.25) is 5.10 Å². The molecule has 8 heteroatoms. The average molecular weight is 368 g/mol. The summed E-state index contributed by atoms with van der Waals surface area (Å²) in [6, 6.07) is 7.56. The van der Waals surface area contributed by atoms with Crippen LogP contribution >= 0.6 is 11.3 Å². The molecule has 26 heavy (non-hydrogen) atoms. The molecule has 0 aliphatic carbocycles. The molecule has 0 saturated carbocycles. The Morgan fingerprint density at radius 1 is 1.31 bits per heavy atom. The average Bonchev–Trinajstić information content (AvgIpc) is 3.34. The number of amides is 2. The Kier molecular flexibility index (Phi) is 4.66. The van der Waals surface area contributed by atoms with Crippen molar-refractivity contribution in [3.8, 4) is 11.4 Å². The third kappa shape index (κ3) is 3.45. The summed E-state index contributed by atoms with van der Waals surface area (Å²) in [5.41, 5.74) is 1.67. The van der Waals surface area contributed by atoms with Crippen molar-refractivity contribution in [3.63, 3.8) is 0 Å².